The lowest BCUT2D eigenvalue weighted by Crippen LogP contribution is -2.60. The normalized spacial score (nSPS) is 26.1. The van der Waals surface area contributed by atoms with E-state index in [4.69, 9.17) is 0 Å². The van der Waals surface area contributed by atoms with Crippen LogP contribution < -0.4 is 10.2 Å². The van der Waals surface area contributed by atoms with E-state index in [1.54, 1.807) is 12.1 Å². The summed E-state index contributed by atoms with van der Waals surface area (Å²) in [7, 11) is 0. The van der Waals surface area contributed by atoms with Crippen molar-refractivity contribution in [2.45, 2.75) is 37.1 Å². The number of rotatable bonds is 1. The Hall–Kier alpha value is -2.89. The highest BCUT2D eigenvalue weighted by Gasteiger charge is 2.57. The number of piperidine rings is 1. The van der Waals surface area contributed by atoms with Crippen LogP contribution in [0.15, 0.2) is 42.5 Å². The van der Waals surface area contributed by atoms with Gasteiger partial charge in [-0.25, -0.2) is 0 Å². The summed E-state index contributed by atoms with van der Waals surface area (Å²) in [5, 5.41) is 14.3. The molecule has 0 saturated carbocycles. The van der Waals surface area contributed by atoms with Gasteiger partial charge in [-0.05, 0) is 48.9 Å². The second-order valence-electron chi connectivity index (χ2n) is 7.42. The molecule has 26 heavy (non-hydrogen) atoms. The Morgan fingerprint density at radius 2 is 2.04 bits per heavy atom. The van der Waals surface area contributed by atoms with E-state index >= 15 is 0 Å². The van der Waals surface area contributed by atoms with Crippen molar-refractivity contribution >= 4 is 23.0 Å². The molecule has 1 spiro atoms. The molecule has 6 heteroatoms. The van der Waals surface area contributed by atoms with Crippen molar-refractivity contribution in [3.05, 3.63) is 63.7 Å². The fraction of sp³-hybridized carbons (Fsp3) is 0.350. The number of para-hydroxylation sites is 1. The molecular formula is C20H19N3O3. The van der Waals surface area contributed by atoms with Gasteiger partial charge in [-0.2, -0.15) is 0 Å². The minimum absolute atomic E-state index is 0.0211. The van der Waals surface area contributed by atoms with Gasteiger partial charge in [0, 0.05) is 36.1 Å². The van der Waals surface area contributed by atoms with Crippen LogP contribution in [0.3, 0.4) is 0 Å². The first-order valence-corrected chi connectivity index (χ1v) is 9.06. The van der Waals surface area contributed by atoms with E-state index in [0.717, 1.165) is 48.3 Å². The average Bonchev–Trinajstić information content (AvgIpc) is 2.94. The van der Waals surface area contributed by atoms with Gasteiger partial charge in [0.2, 0.25) is 5.91 Å². The molecule has 2 aromatic rings. The Kier molecular flexibility index (Phi) is 3.13. The number of amides is 1. The van der Waals surface area contributed by atoms with Gasteiger partial charge in [0.05, 0.1) is 4.92 Å². The van der Waals surface area contributed by atoms with Gasteiger partial charge in [-0.1, -0.05) is 18.2 Å². The van der Waals surface area contributed by atoms with Gasteiger partial charge in [0.1, 0.15) is 5.41 Å². The van der Waals surface area contributed by atoms with Gasteiger partial charge in [-0.15, -0.1) is 0 Å². The Morgan fingerprint density at radius 3 is 2.88 bits per heavy atom. The van der Waals surface area contributed by atoms with Crippen molar-refractivity contribution in [3.8, 4) is 0 Å². The van der Waals surface area contributed by atoms with E-state index < -0.39 is 5.41 Å². The maximum atomic E-state index is 13.2. The highest BCUT2D eigenvalue weighted by atomic mass is 16.6. The Balaban J connectivity index is 1.74. The minimum Gasteiger partial charge on any atom is -0.367 e. The highest BCUT2D eigenvalue weighted by Crippen LogP contribution is 2.52. The van der Waals surface area contributed by atoms with Crippen molar-refractivity contribution in [1.82, 2.24) is 0 Å². The molecule has 0 bridgehead atoms. The van der Waals surface area contributed by atoms with E-state index in [0.29, 0.717) is 6.42 Å². The van der Waals surface area contributed by atoms with Crippen molar-refractivity contribution in [1.29, 1.82) is 0 Å². The van der Waals surface area contributed by atoms with Gasteiger partial charge >= 0.3 is 0 Å². The number of hydrogen-bond donors (Lipinski definition) is 1. The first kappa shape index (κ1) is 15.4. The number of nitro groups is 1. The van der Waals surface area contributed by atoms with Gasteiger partial charge in [-0.3, -0.25) is 14.9 Å². The van der Waals surface area contributed by atoms with E-state index in [9.17, 15) is 14.9 Å². The van der Waals surface area contributed by atoms with E-state index in [2.05, 4.69) is 10.2 Å². The zero-order chi connectivity index (χ0) is 17.9. The number of nitrogens with one attached hydrogen (secondary N) is 1. The van der Waals surface area contributed by atoms with E-state index in [1.165, 1.54) is 0 Å². The lowest BCUT2D eigenvalue weighted by atomic mass is 9.65. The number of anilines is 2. The third-order valence-corrected chi connectivity index (χ3v) is 6.19. The first-order chi connectivity index (χ1) is 12.6. The summed E-state index contributed by atoms with van der Waals surface area (Å²) in [6, 6.07) is 13.0. The molecule has 0 radical (unpaired) electrons. The van der Waals surface area contributed by atoms with Crippen molar-refractivity contribution in [2.24, 2.45) is 0 Å². The van der Waals surface area contributed by atoms with Crippen LogP contribution in [0.4, 0.5) is 17.1 Å². The van der Waals surface area contributed by atoms with Crippen molar-refractivity contribution in [3.63, 3.8) is 0 Å². The Bertz CT molecular complexity index is 942. The van der Waals surface area contributed by atoms with Crippen LogP contribution in [-0.2, 0) is 16.6 Å². The molecule has 0 aliphatic carbocycles. The first-order valence-electron chi connectivity index (χ1n) is 9.06. The van der Waals surface area contributed by atoms with Gasteiger partial charge in [0.15, 0.2) is 0 Å². The maximum absolute atomic E-state index is 13.2. The van der Waals surface area contributed by atoms with Crippen LogP contribution in [-0.4, -0.2) is 23.4 Å². The molecule has 1 saturated heterocycles. The summed E-state index contributed by atoms with van der Waals surface area (Å²) in [4.78, 5) is 26.4. The molecular weight excluding hydrogens is 330 g/mol. The number of carbonyl (C=O) groups is 1. The molecule has 2 aromatic carbocycles. The molecule has 132 valence electrons. The average molecular weight is 349 g/mol. The third kappa shape index (κ3) is 1.90. The fourth-order valence-electron chi connectivity index (χ4n) is 5.10. The lowest BCUT2D eigenvalue weighted by molar-refractivity contribution is -0.384. The zero-order valence-electron chi connectivity index (χ0n) is 14.3. The number of nitro benzene ring substituents is 1. The van der Waals surface area contributed by atoms with Crippen LogP contribution in [0.25, 0.3) is 0 Å². The summed E-state index contributed by atoms with van der Waals surface area (Å²) in [6.45, 7) is 0.882. The molecule has 1 fully saturated rings. The third-order valence-electron chi connectivity index (χ3n) is 6.19. The monoisotopic (exact) mass is 349 g/mol. The number of fused-ring (bicyclic) bond motifs is 6. The molecule has 0 aromatic heterocycles. The molecule has 6 nitrogen and oxygen atoms in total. The fourth-order valence-corrected chi connectivity index (χ4v) is 5.10. The SMILES string of the molecule is O=C1Nc2ccccc2[C@@]12Cc1cc([N+](=O)[O-])ccc1N1CCCC[C@@H]12. The number of non-ortho nitro benzene ring substituents is 1. The predicted molar refractivity (Wildman–Crippen MR) is 98.5 cm³/mol. The summed E-state index contributed by atoms with van der Waals surface area (Å²) in [6.07, 6.45) is 3.64. The molecule has 5 rings (SSSR count). The lowest BCUT2D eigenvalue weighted by Gasteiger charge is -2.51. The number of carbonyl (C=O) groups excluding carboxylic acids is 1. The molecule has 3 aliphatic rings. The van der Waals surface area contributed by atoms with Crippen LogP contribution in [0.5, 0.6) is 0 Å². The standard InChI is InChI=1S/C20H19N3O3/c24-19-20(15-5-1-2-6-16(15)21-19)12-13-11-14(23(25)26)8-9-17(13)22-10-4-3-7-18(20)22/h1-2,5-6,8-9,11,18H,3-4,7,10,12H2,(H,21,24)/t18-,20-/m1/s1. The largest absolute Gasteiger partial charge is 0.367 e. The van der Waals surface area contributed by atoms with Crippen LogP contribution in [0, 0.1) is 10.1 Å². The number of hydrogen-bond acceptors (Lipinski definition) is 4. The summed E-state index contributed by atoms with van der Waals surface area (Å²) >= 11 is 0. The number of benzene rings is 2. The maximum Gasteiger partial charge on any atom is 0.269 e. The van der Waals surface area contributed by atoms with E-state index in [1.807, 2.05) is 30.3 Å². The molecule has 1 amide bonds. The highest BCUT2D eigenvalue weighted by molar-refractivity contribution is 6.08. The molecule has 3 heterocycles. The number of nitrogens with zero attached hydrogens (tertiary/aromatic N) is 2. The second kappa shape index (κ2) is 5.30. The minimum atomic E-state index is -0.667. The van der Waals surface area contributed by atoms with Gasteiger partial charge in [0.25, 0.3) is 5.69 Å². The molecule has 0 unspecified atom stereocenters. The molecule has 1 N–H and O–H groups in total. The second-order valence-corrected chi connectivity index (χ2v) is 7.42. The smallest absolute Gasteiger partial charge is 0.269 e. The van der Waals surface area contributed by atoms with Crippen LogP contribution in [0.2, 0.25) is 0 Å². The summed E-state index contributed by atoms with van der Waals surface area (Å²) in [5.41, 5.74) is 3.25. The topological polar surface area (TPSA) is 75.5 Å². The van der Waals surface area contributed by atoms with Crippen molar-refractivity contribution < 1.29 is 9.72 Å². The summed E-state index contributed by atoms with van der Waals surface area (Å²) in [5.74, 6) is 0.0211. The van der Waals surface area contributed by atoms with Crippen molar-refractivity contribution in [2.75, 3.05) is 16.8 Å². The summed E-state index contributed by atoms with van der Waals surface area (Å²) < 4.78 is 0. The van der Waals surface area contributed by atoms with E-state index in [-0.39, 0.29) is 22.6 Å². The molecule has 2 atom stereocenters. The quantitative estimate of drug-likeness (QED) is 0.632. The molecule has 3 aliphatic heterocycles. The van der Waals surface area contributed by atoms with Gasteiger partial charge < -0.3 is 10.2 Å². The van der Waals surface area contributed by atoms with Crippen LogP contribution in [0.1, 0.15) is 30.4 Å². The Labute approximate surface area is 151 Å². The Morgan fingerprint density at radius 1 is 1.19 bits per heavy atom. The van der Waals surface area contributed by atoms with Crippen LogP contribution >= 0.6 is 0 Å². The predicted octanol–water partition coefficient (Wildman–Crippen LogP) is 3.40. The zero-order valence-corrected chi connectivity index (χ0v) is 14.3.